The molecule has 0 fully saturated rings. The second-order valence-electron chi connectivity index (χ2n) is 9.24. The number of fused-ring (bicyclic) bond motifs is 2. The van der Waals surface area contributed by atoms with Crippen LogP contribution < -0.4 is 4.67 Å². The van der Waals surface area contributed by atoms with Gasteiger partial charge in [0.05, 0.1) is 24.6 Å². The molecule has 35 heavy (non-hydrogen) atoms. The summed E-state index contributed by atoms with van der Waals surface area (Å²) in [5, 5.41) is 2.48. The van der Waals surface area contributed by atoms with Gasteiger partial charge in [-0.1, -0.05) is 41.1 Å². The molecule has 6 heteroatoms. The summed E-state index contributed by atoms with van der Waals surface area (Å²) in [6.45, 7) is 2.74. The lowest BCUT2D eigenvalue weighted by Gasteiger charge is -2.25. The monoisotopic (exact) mass is 461 g/mol. The standard InChI is InChI=1S/C29H25N4O2/c1-3-7-23-21(5-1)26(18-13-20(16-30-15-18)28-31-9-11-34-28)22-6-2-4-8-24(22)27(23)19-14-25(33-17-19)29-32-10-12-35-29/h1-3,5-7,14-17,20H,4,8-13H2/q+1. The Bertz CT molecular complexity index is 1510. The fourth-order valence-corrected chi connectivity index (χ4v) is 5.64. The molecule has 2 aromatic rings. The highest BCUT2D eigenvalue weighted by atomic mass is 16.5. The molecule has 6 nitrogen and oxygen atoms in total. The third-order valence-corrected chi connectivity index (χ3v) is 7.12. The zero-order valence-corrected chi connectivity index (χ0v) is 19.4. The minimum atomic E-state index is 0.0909. The van der Waals surface area contributed by atoms with Crippen LogP contribution in [0.25, 0.3) is 28.0 Å². The highest BCUT2D eigenvalue weighted by Crippen LogP contribution is 2.43. The molecule has 2 aromatic carbocycles. The quantitative estimate of drug-likeness (QED) is 0.645. The summed E-state index contributed by atoms with van der Waals surface area (Å²) in [5.41, 5.74) is 8.37. The van der Waals surface area contributed by atoms with Gasteiger partial charge in [0.15, 0.2) is 5.90 Å². The van der Waals surface area contributed by atoms with Crippen molar-refractivity contribution >= 4 is 57.9 Å². The fraction of sp³-hybridized carbons (Fsp3) is 0.276. The van der Waals surface area contributed by atoms with Crippen LogP contribution in [0, 0.1) is 5.92 Å². The molecule has 0 saturated heterocycles. The highest BCUT2D eigenvalue weighted by Gasteiger charge is 2.32. The molecule has 0 saturated carbocycles. The smallest absolute Gasteiger partial charge is 0.389 e. The van der Waals surface area contributed by atoms with Crippen LogP contribution in [-0.4, -0.2) is 56.2 Å². The van der Waals surface area contributed by atoms with Gasteiger partial charge in [-0.3, -0.25) is 9.98 Å². The van der Waals surface area contributed by atoms with Crippen LogP contribution in [0.15, 0.2) is 57.6 Å². The van der Waals surface area contributed by atoms with Gasteiger partial charge < -0.3 is 9.47 Å². The first-order chi connectivity index (χ1) is 17.4. The van der Waals surface area contributed by atoms with E-state index in [1.807, 2.05) is 18.6 Å². The molecule has 1 aliphatic carbocycles. The first kappa shape index (κ1) is 20.4. The molecule has 1 unspecified atom stereocenters. The van der Waals surface area contributed by atoms with Crippen molar-refractivity contribution in [2.75, 3.05) is 26.3 Å². The van der Waals surface area contributed by atoms with Crippen LogP contribution in [0.5, 0.6) is 0 Å². The van der Waals surface area contributed by atoms with E-state index in [1.54, 1.807) is 0 Å². The summed E-state index contributed by atoms with van der Waals surface area (Å²) in [6.07, 6.45) is 15.5. The van der Waals surface area contributed by atoms with Crippen LogP contribution >= 0.6 is 0 Å². The predicted molar refractivity (Wildman–Crippen MR) is 144 cm³/mol. The van der Waals surface area contributed by atoms with Crippen molar-refractivity contribution < 1.29 is 9.47 Å². The van der Waals surface area contributed by atoms with Gasteiger partial charge in [0.25, 0.3) is 0 Å². The Hall–Kier alpha value is -4.02. The molecule has 7 rings (SSSR count). The van der Waals surface area contributed by atoms with Crippen molar-refractivity contribution in [1.29, 1.82) is 0 Å². The number of hydrogen-bond donors (Lipinski definition) is 0. The van der Waals surface area contributed by atoms with Crippen molar-refractivity contribution in [3.63, 3.8) is 0 Å². The molecular formula is C29H25N4O2+. The summed E-state index contributed by atoms with van der Waals surface area (Å²) >= 11 is 0. The van der Waals surface area contributed by atoms with Gasteiger partial charge in [-0.25, -0.2) is 4.99 Å². The van der Waals surface area contributed by atoms with E-state index in [2.05, 4.69) is 62.1 Å². The molecular weight excluding hydrogens is 436 g/mol. The molecule has 0 spiro atoms. The molecule has 172 valence electrons. The maximum atomic E-state index is 5.79. The lowest BCUT2D eigenvalue weighted by molar-refractivity contribution is 0.332. The van der Waals surface area contributed by atoms with Gasteiger partial charge in [0, 0.05) is 24.1 Å². The van der Waals surface area contributed by atoms with Crippen molar-refractivity contribution in [2.45, 2.75) is 19.3 Å². The van der Waals surface area contributed by atoms with Gasteiger partial charge in [-0.15, -0.1) is 0 Å². The number of allylic oxidation sites excluding steroid dienone is 3. The number of hydrogen-bond acceptors (Lipinski definition) is 5. The Labute approximate surface area is 203 Å². The average Bonchev–Trinajstić information content (AvgIpc) is 3.70. The molecule has 4 aliphatic heterocycles. The molecule has 5 aliphatic rings. The summed E-state index contributed by atoms with van der Waals surface area (Å²) in [4.78, 5) is 13.7. The molecule has 1 atom stereocenters. The number of benzene rings is 2. The van der Waals surface area contributed by atoms with Gasteiger partial charge in [-0.05, 0) is 52.3 Å². The number of ether oxygens (including phenoxy) is 2. The topological polar surface area (TPSA) is 69.6 Å². The largest absolute Gasteiger partial charge is 0.479 e. The summed E-state index contributed by atoms with van der Waals surface area (Å²) < 4.78 is 16.1. The molecule has 0 radical (unpaired) electrons. The first-order valence-electron chi connectivity index (χ1n) is 12.3. The maximum Gasteiger partial charge on any atom is 0.389 e. The molecule has 0 aromatic heterocycles. The van der Waals surface area contributed by atoms with Crippen LogP contribution in [0.1, 0.15) is 35.1 Å². The van der Waals surface area contributed by atoms with Crippen LogP contribution in [-0.2, 0) is 15.9 Å². The van der Waals surface area contributed by atoms with Gasteiger partial charge in [0.1, 0.15) is 13.2 Å². The van der Waals surface area contributed by atoms with Crippen LogP contribution in [0.3, 0.4) is 0 Å². The van der Waals surface area contributed by atoms with Crippen LogP contribution in [0.2, 0.25) is 0 Å². The Kier molecular flexibility index (Phi) is 4.85. The fourth-order valence-electron chi connectivity index (χ4n) is 5.64. The molecule has 0 bridgehead atoms. The zero-order chi connectivity index (χ0) is 23.2. The predicted octanol–water partition coefficient (Wildman–Crippen LogP) is 4.06. The van der Waals surface area contributed by atoms with Crippen molar-refractivity contribution in [3.05, 3.63) is 64.9 Å². The first-order valence-corrected chi connectivity index (χ1v) is 12.3. The van der Waals surface area contributed by atoms with Gasteiger partial charge in [0.2, 0.25) is 0 Å². The van der Waals surface area contributed by atoms with E-state index < -0.39 is 0 Å². The van der Waals surface area contributed by atoms with Gasteiger partial charge in [-0.2, -0.15) is 0 Å². The van der Waals surface area contributed by atoms with E-state index >= 15 is 0 Å². The Balaban J connectivity index is 1.39. The number of nitrogens with zero attached hydrogens (tertiary/aromatic N) is 4. The van der Waals surface area contributed by atoms with Gasteiger partial charge >= 0.3 is 17.8 Å². The van der Waals surface area contributed by atoms with E-state index in [9.17, 15) is 0 Å². The third-order valence-electron chi connectivity index (χ3n) is 7.12. The number of rotatable bonds is 4. The van der Waals surface area contributed by atoms with E-state index in [1.165, 1.54) is 38.6 Å². The highest BCUT2D eigenvalue weighted by molar-refractivity contribution is 6.48. The summed E-state index contributed by atoms with van der Waals surface area (Å²) in [6, 6.07) is 8.71. The summed E-state index contributed by atoms with van der Waals surface area (Å²) in [7, 11) is 0. The minimum absolute atomic E-state index is 0.0909. The van der Waals surface area contributed by atoms with E-state index in [0.717, 1.165) is 43.0 Å². The second-order valence-corrected chi connectivity index (χ2v) is 9.24. The zero-order valence-electron chi connectivity index (χ0n) is 19.4. The molecule has 0 N–H and O–H groups in total. The Morgan fingerprint density at radius 2 is 1.83 bits per heavy atom. The Morgan fingerprint density at radius 1 is 0.971 bits per heavy atom. The second kappa shape index (κ2) is 8.33. The average molecular weight is 462 g/mol. The SMILES string of the molecule is C1=Cc2c(c(C3=CC(C4=NCCO4)=[N+]=C3)c3ccccc3c2C2=CN=CC(C3=NCCO3)C2)CC1. The van der Waals surface area contributed by atoms with E-state index in [0.29, 0.717) is 25.7 Å². The van der Waals surface area contributed by atoms with E-state index in [4.69, 9.17) is 9.47 Å². The molecule has 4 heterocycles. The van der Waals surface area contributed by atoms with Crippen molar-refractivity contribution in [1.82, 2.24) is 4.67 Å². The van der Waals surface area contributed by atoms with E-state index in [-0.39, 0.29) is 5.92 Å². The lowest BCUT2D eigenvalue weighted by Crippen LogP contribution is -2.19. The normalized spacial score (nSPS) is 22.3. The van der Waals surface area contributed by atoms with Crippen molar-refractivity contribution in [2.24, 2.45) is 20.9 Å². The third kappa shape index (κ3) is 3.41. The Morgan fingerprint density at radius 3 is 2.66 bits per heavy atom. The number of aliphatic imine (C=N–C) groups is 3. The maximum absolute atomic E-state index is 5.79. The van der Waals surface area contributed by atoms with Crippen molar-refractivity contribution in [3.8, 4) is 0 Å². The lowest BCUT2D eigenvalue weighted by atomic mass is 9.78. The summed E-state index contributed by atoms with van der Waals surface area (Å²) in [5.74, 6) is 1.56. The molecule has 0 amide bonds. The minimum Gasteiger partial charge on any atom is -0.479 e. The van der Waals surface area contributed by atoms with Crippen LogP contribution in [0.4, 0.5) is 0 Å².